The fourth-order valence-corrected chi connectivity index (χ4v) is 4.32. The molecule has 1 heterocycles. The number of benzene rings is 1. The predicted octanol–water partition coefficient (Wildman–Crippen LogP) is 1.58. The van der Waals surface area contributed by atoms with Crippen LogP contribution in [-0.4, -0.2) is 39.0 Å². The molecule has 0 bridgehead atoms. The SMILES string of the molecule is Nc1cc(S(=O)(=O)N2CCCOCC2)c(Br)cc1F. The maximum absolute atomic E-state index is 13.3. The predicted molar refractivity (Wildman–Crippen MR) is 72.7 cm³/mol. The van der Waals surface area contributed by atoms with E-state index in [4.69, 9.17) is 10.5 Å². The first-order valence-electron chi connectivity index (χ1n) is 5.75. The van der Waals surface area contributed by atoms with Crippen LogP contribution in [0.2, 0.25) is 0 Å². The third-order valence-corrected chi connectivity index (χ3v) is 5.71. The first kappa shape index (κ1) is 14.7. The molecule has 1 aromatic rings. The van der Waals surface area contributed by atoms with Gasteiger partial charge in [0, 0.05) is 24.2 Å². The number of nitrogens with two attached hydrogens (primary N) is 1. The Balaban J connectivity index is 2.41. The molecule has 0 saturated carbocycles. The summed E-state index contributed by atoms with van der Waals surface area (Å²) in [4.78, 5) is -0.0201. The molecule has 1 aromatic carbocycles. The summed E-state index contributed by atoms with van der Waals surface area (Å²) in [7, 11) is -3.70. The summed E-state index contributed by atoms with van der Waals surface area (Å²) >= 11 is 3.07. The number of ether oxygens (including phenoxy) is 1. The molecule has 8 heteroatoms. The van der Waals surface area contributed by atoms with E-state index in [0.717, 1.165) is 12.1 Å². The van der Waals surface area contributed by atoms with Crippen molar-refractivity contribution < 1.29 is 17.5 Å². The number of anilines is 1. The molecule has 2 N–H and O–H groups in total. The number of rotatable bonds is 2. The molecule has 1 fully saturated rings. The fourth-order valence-electron chi connectivity index (χ4n) is 1.85. The van der Waals surface area contributed by atoms with E-state index in [1.54, 1.807) is 0 Å². The van der Waals surface area contributed by atoms with Crippen molar-refractivity contribution in [3.8, 4) is 0 Å². The number of hydrogen-bond donors (Lipinski definition) is 1. The minimum atomic E-state index is -3.70. The van der Waals surface area contributed by atoms with Gasteiger partial charge < -0.3 is 10.5 Å². The zero-order chi connectivity index (χ0) is 14.0. The third kappa shape index (κ3) is 3.07. The van der Waals surface area contributed by atoms with Crippen LogP contribution in [0.3, 0.4) is 0 Å². The normalized spacial score (nSPS) is 18.2. The minimum Gasteiger partial charge on any atom is -0.396 e. The van der Waals surface area contributed by atoms with E-state index >= 15 is 0 Å². The molecule has 0 aliphatic carbocycles. The standard InChI is InChI=1S/C11H14BrFN2O3S/c12-8-6-9(13)10(14)7-11(8)19(16,17)15-2-1-4-18-5-3-15/h6-7H,1-5,14H2. The Morgan fingerprint density at radius 1 is 1.32 bits per heavy atom. The summed E-state index contributed by atoms with van der Waals surface area (Å²) in [6, 6.07) is 2.21. The average Bonchev–Trinajstić information content (AvgIpc) is 2.62. The van der Waals surface area contributed by atoms with Gasteiger partial charge in [-0.2, -0.15) is 4.31 Å². The average molecular weight is 353 g/mol. The number of sulfonamides is 1. The number of hydrogen-bond acceptors (Lipinski definition) is 4. The zero-order valence-electron chi connectivity index (χ0n) is 10.1. The molecule has 0 radical (unpaired) electrons. The van der Waals surface area contributed by atoms with Gasteiger partial charge in [-0.25, -0.2) is 12.8 Å². The monoisotopic (exact) mass is 352 g/mol. The lowest BCUT2D eigenvalue weighted by atomic mass is 10.3. The van der Waals surface area contributed by atoms with Crippen molar-refractivity contribution in [2.45, 2.75) is 11.3 Å². The molecular weight excluding hydrogens is 339 g/mol. The van der Waals surface area contributed by atoms with E-state index in [9.17, 15) is 12.8 Å². The third-order valence-electron chi connectivity index (χ3n) is 2.85. The molecule has 1 aliphatic heterocycles. The Bertz CT molecular complexity index is 572. The second kappa shape index (κ2) is 5.74. The lowest BCUT2D eigenvalue weighted by Crippen LogP contribution is -2.33. The van der Waals surface area contributed by atoms with Crippen LogP contribution in [0.5, 0.6) is 0 Å². The molecule has 19 heavy (non-hydrogen) atoms. The molecule has 0 spiro atoms. The van der Waals surface area contributed by atoms with Gasteiger partial charge in [-0.3, -0.25) is 0 Å². The molecule has 0 atom stereocenters. The Morgan fingerprint density at radius 2 is 2.05 bits per heavy atom. The number of nitrogen functional groups attached to an aromatic ring is 1. The maximum atomic E-state index is 13.3. The fraction of sp³-hybridized carbons (Fsp3) is 0.455. The highest BCUT2D eigenvalue weighted by atomic mass is 79.9. The van der Waals surface area contributed by atoms with Gasteiger partial charge in [0.15, 0.2) is 0 Å². The van der Waals surface area contributed by atoms with Gasteiger partial charge in [0.2, 0.25) is 10.0 Å². The van der Waals surface area contributed by atoms with E-state index in [1.165, 1.54) is 4.31 Å². The van der Waals surface area contributed by atoms with Gasteiger partial charge in [0.25, 0.3) is 0 Å². The highest BCUT2D eigenvalue weighted by Crippen LogP contribution is 2.29. The van der Waals surface area contributed by atoms with Crippen LogP contribution in [0.4, 0.5) is 10.1 Å². The van der Waals surface area contributed by atoms with Gasteiger partial charge in [-0.15, -0.1) is 0 Å². The van der Waals surface area contributed by atoms with Crippen molar-refractivity contribution >= 4 is 31.6 Å². The van der Waals surface area contributed by atoms with Gasteiger partial charge in [-0.05, 0) is 34.5 Å². The highest BCUT2D eigenvalue weighted by molar-refractivity contribution is 9.10. The molecule has 5 nitrogen and oxygen atoms in total. The summed E-state index contributed by atoms with van der Waals surface area (Å²) in [6.45, 7) is 1.56. The van der Waals surface area contributed by atoms with E-state index < -0.39 is 15.8 Å². The van der Waals surface area contributed by atoms with Crippen molar-refractivity contribution in [1.82, 2.24) is 4.31 Å². The Morgan fingerprint density at radius 3 is 2.79 bits per heavy atom. The lowest BCUT2D eigenvalue weighted by Gasteiger charge is -2.20. The summed E-state index contributed by atoms with van der Waals surface area (Å²) < 4.78 is 45.0. The van der Waals surface area contributed by atoms with Crippen molar-refractivity contribution in [2.75, 3.05) is 32.0 Å². The van der Waals surface area contributed by atoms with Gasteiger partial charge in [-0.1, -0.05) is 0 Å². The van der Waals surface area contributed by atoms with Gasteiger partial charge in [0.1, 0.15) is 5.82 Å². The maximum Gasteiger partial charge on any atom is 0.244 e. The smallest absolute Gasteiger partial charge is 0.244 e. The molecule has 1 aliphatic rings. The first-order valence-corrected chi connectivity index (χ1v) is 7.98. The topological polar surface area (TPSA) is 72.6 Å². The first-order chi connectivity index (χ1) is 8.93. The van der Waals surface area contributed by atoms with Crippen LogP contribution in [0, 0.1) is 5.82 Å². The lowest BCUT2D eigenvalue weighted by molar-refractivity contribution is 0.148. The molecule has 2 rings (SSSR count). The minimum absolute atomic E-state index is 0.0201. The van der Waals surface area contributed by atoms with Crippen LogP contribution in [0.25, 0.3) is 0 Å². The van der Waals surface area contributed by atoms with Crippen molar-refractivity contribution in [2.24, 2.45) is 0 Å². The second-order valence-electron chi connectivity index (χ2n) is 4.17. The largest absolute Gasteiger partial charge is 0.396 e. The van der Waals surface area contributed by atoms with Crippen molar-refractivity contribution in [3.05, 3.63) is 22.4 Å². The summed E-state index contributed by atoms with van der Waals surface area (Å²) in [5, 5.41) is 0. The molecule has 0 unspecified atom stereocenters. The van der Waals surface area contributed by atoms with Crippen LogP contribution < -0.4 is 5.73 Å². The molecular formula is C11H14BrFN2O3S. The van der Waals surface area contributed by atoms with E-state index in [-0.39, 0.29) is 21.6 Å². The Labute approximate surface area is 119 Å². The van der Waals surface area contributed by atoms with Crippen LogP contribution in [0.1, 0.15) is 6.42 Å². The summed E-state index contributed by atoms with van der Waals surface area (Å²) in [6.07, 6.45) is 0.632. The van der Waals surface area contributed by atoms with Gasteiger partial charge >= 0.3 is 0 Å². The van der Waals surface area contributed by atoms with E-state index in [1.807, 2.05) is 0 Å². The van der Waals surface area contributed by atoms with E-state index in [0.29, 0.717) is 26.2 Å². The highest BCUT2D eigenvalue weighted by Gasteiger charge is 2.28. The quantitative estimate of drug-likeness (QED) is 0.820. The second-order valence-corrected chi connectivity index (χ2v) is 6.93. The number of halogens is 2. The number of nitrogens with zero attached hydrogens (tertiary/aromatic N) is 1. The van der Waals surface area contributed by atoms with E-state index in [2.05, 4.69) is 15.9 Å². The van der Waals surface area contributed by atoms with Crippen LogP contribution in [-0.2, 0) is 14.8 Å². The summed E-state index contributed by atoms with van der Waals surface area (Å²) in [5.41, 5.74) is 5.26. The van der Waals surface area contributed by atoms with Crippen LogP contribution >= 0.6 is 15.9 Å². The van der Waals surface area contributed by atoms with Crippen molar-refractivity contribution in [3.63, 3.8) is 0 Å². The molecule has 0 amide bonds. The molecule has 0 aromatic heterocycles. The van der Waals surface area contributed by atoms with Crippen LogP contribution in [0.15, 0.2) is 21.5 Å². The summed E-state index contributed by atoms with van der Waals surface area (Å²) in [5.74, 6) is -0.648. The Kier molecular flexibility index (Phi) is 4.44. The van der Waals surface area contributed by atoms with Gasteiger partial charge in [0.05, 0.1) is 17.2 Å². The molecule has 106 valence electrons. The van der Waals surface area contributed by atoms with Crippen molar-refractivity contribution in [1.29, 1.82) is 0 Å². The molecule has 1 saturated heterocycles. The Hall–Kier alpha value is -0.700. The zero-order valence-corrected chi connectivity index (χ0v) is 12.5.